The molecule has 0 bridgehead atoms. The largest absolute Gasteiger partial charge is 0.351 e. The third kappa shape index (κ3) is 2.29. The molecule has 0 saturated carbocycles. The minimum absolute atomic E-state index is 0.557. The fourth-order valence-electron chi connectivity index (χ4n) is 2.39. The van der Waals surface area contributed by atoms with Gasteiger partial charge in [0.15, 0.2) is 0 Å². The molecule has 0 radical (unpaired) electrons. The molecule has 0 aromatic carbocycles. The first-order valence-electron chi connectivity index (χ1n) is 6.10. The molecule has 0 spiro atoms. The van der Waals surface area contributed by atoms with E-state index in [1.54, 1.807) is 14.2 Å². The molecule has 108 valence electrons. The molecule has 1 saturated heterocycles. The Morgan fingerprint density at radius 1 is 0.778 bits per heavy atom. The van der Waals surface area contributed by atoms with Crippen molar-refractivity contribution in [1.29, 1.82) is 0 Å². The fraction of sp³-hybridized carbons (Fsp3) is 1.00. The lowest BCUT2D eigenvalue weighted by Crippen LogP contribution is -2.68. The molecule has 6 heteroatoms. The van der Waals surface area contributed by atoms with E-state index in [4.69, 9.17) is 28.4 Å². The van der Waals surface area contributed by atoms with Crippen LogP contribution < -0.4 is 0 Å². The van der Waals surface area contributed by atoms with Crippen LogP contribution in [0.5, 0.6) is 0 Å². The number of methoxy groups -OCH3 is 4. The minimum Gasteiger partial charge on any atom is -0.351 e. The average molecular weight is 264 g/mol. The standard InChI is InChI=1S/C12H24O6/c1-7-11(15-5)12(8-2,16-6)18-10(14-4)9(13-3)17-11/h9-10H,7-8H2,1-6H3. The molecular formula is C12H24O6. The predicted molar refractivity (Wildman–Crippen MR) is 63.8 cm³/mol. The molecule has 0 amide bonds. The number of hydrogen-bond acceptors (Lipinski definition) is 6. The molecule has 1 fully saturated rings. The van der Waals surface area contributed by atoms with E-state index in [-0.39, 0.29) is 0 Å². The Morgan fingerprint density at radius 2 is 1.11 bits per heavy atom. The van der Waals surface area contributed by atoms with Crippen LogP contribution in [-0.2, 0) is 28.4 Å². The molecule has 1 aliphatic rings. The van der Waals surface area contributed by atoms with Gasteiger partial charge in [0.1, 0.15) is 0 Å². The molecular weight excluding hydrogens is 240 g/mol. The Labute approximate surface area is 108 Å². The van der Waals surface area contributed by atoms with Crippen LogP contribution in [-0.4, -0.2) is 52.6 Å². The lowest BCUT2D eigenvalue weighted by atomic mass is 9.98. The highest BCUT2D eigenvalue weighted by Gasteiger charge is 2.60. The van der Waals surface area contributed by atoms with E-state index in [1.165, 1.54) is 14.2 Å². The molecule has 6 nitrogen and oxygen atoms in total. The molecule has 1 rings (SSSR count). The van der Waals surface area contributed by atoms with E-state index in [9.17, 15) is 0 Å². The van der Waals surface area contributed by atoms with E-state index in [1.807, 2.05) is 13.8 Å². The highest BCUT2D eigenvalue weighted by molar-refractivity contribution is 4.91. The second-order valence-corrected chi connectivity index (χ2v) is 4.07. The van der Waals surface area contributed by atoms with E-state index in [2.05, 4.69) is 0 Å². The Morgan fingerprint density at radius 3 is 1.28 bits per heavy atom. The average Bonchev–Trinajstić information content (AvgIpc) is 2.45. The maximum atomic E-state index is 5.90. The Hall–Kier alpha value is -0.240. The van der Waals surface area contributed by atoms with E-state index < -0.39 is 24.2 Å². The van der Waals surface area contributed by atoms with Gasteiger partial charge in [0.25, 0.3) is 0 Å². The quantitative estimate of drug-likeness (QED) is 0.724. The van der Waals surface area contributed by atoms with Gasteiger partial charge in [-0.05, 0) is 0 Å². The van der Waals surface area contributed by atoms with Crippen molar-refractivity contribution in [3.63, 3.8) is 0 Å². The summed E-state index contributed by atoms with van der Waals surface area (Å²) in [6, 6.07) is 0. The second-order valence-electron chi connectivity index (χ2n) is 4.07. The van der Waals surface area contributed by atoms with Crippen molar-refractivity contribution in [1.82, 2.24) is 0 Å². The molecule has 4 atom stereocenters. The summed E-state index contributed by atoms with van der Waals surface area (Å²) < 4.78 is 33.3. The number of rotatable bonds is 6. The summed E-state index contributed by atoms with van der Waals surface area (Å²) in [5, 5.41) is 0. The van der Waals surface area contributed by atoms with Crippen molar-refractivity contribution >= 4 is 0 Å². The van der Waals surface area contributed by atoms with Crippen molar-refractivity contribution in [2.45, 2.75) is 50.8 Å². The number of hydrogen-bond donors (Lipinski definition) is 0. The first kappa shape index (κ1) is 15.8. The first-order valence-corrected chi connectivity index (χ1v) is 6.10. The van der Waals surface area contributed by atoms with Crippen molar-refractivity contribution in [2.75, 3.05) is 28.4 Å². The Bertz CT molecular complexity index is 223. The Kier molecular flexibility index (Phi) is 5.51. The van der Waals surface area contributed by atoms with Crippen LogP contribution in [0.25, 0.3) is 0 Å². The molecule has 0 N–H and O–H groups in total. The van der Waals surface area contributed by atoms with Crippen molar-refractivity contribution in [2.24, 2.45) is 0 Å². The van der Waals surface area contributed by atoms with Gasteiger partial charge in [-0.15, -0.1) is 0 Å². The molecule has 1 heterocycles. The Balaban J connectivity index is 3.12. The molecule has 0 aliphatic carbocycles. The first-order chi connectivity index (χ1) is 8.58. The van der Waals surface area contributed by atoms with Crippen LogP contribution in [0.4, 0.5) is 0 Å². The SMILES string of the molecule is CCC1(OC)OC(OC)C(OC)OC1(CC)OC. The van der Waals surface area contributed by atoms with Gasteiger partial charge in [0.05, 0.1) is 0 Å². The second kappa shape index (κ2) is 6.27. The minimum atomic E-state index is -1.02. The summed E-state index contributed by atoms with van der Waals surface area (Å²) in [4.78, 5) is 0. The van der Waals surface area contributed by atoms with Gasteiger partial charge in [-0.3, -0.25) is 0 Å². The maximum Gasteiger partial charge on any atom is 0.225 e. The van der Waals surface area contributed by atoms with Gasteiger partial charge in [0, 0.05) is 41.3 Å². The fourth-order valence-corrected chi connectivity index (χ4v) is 2.39. The molecule has 4 unspecified atom stereocenters. The topological polar surface area (TPSA) is 55.4 Å². The van der Waals surface area contributed by atoms with Crippen LogP contribution in [0.1, 0.15) is 26.7 Å². The lowest BCUT2D eigenvalue weighted by molar-refractivity contribution is -0.510. The zero-order chi connectivity index (χ0) is 13.8. The molecule has 0 aromatic rings. The summed E-state index contributed by atoms with van der Waals surface area (Å²) in [7, 11) is 6.19. The maximum absolute atomic E-state index is 5.90. The van der Waals surface area contributed by atoms with Gasteiger partial charge in [-0.2, -0.15) is 0 Å². The van der Waals surface area contributed by atoms with Gasteiger partial charge in [0.2, 0.25) is 24.2 Å². The van der Waals surface area contributed by atoms with Crippen LogP contribution >= 0.6 is 0 Å². The summed E-state index contributed by atoms with van der Waals surface area (Å²) >= 11 is 0. The predicted octanol–water partition coefficient (Wildman–Crippen LogP) is 1.48. The summed E-state index contributed by atoms with van der Waals surface area (Å²) in [6.07, 6.45) is -0.211. The number of ether oxygens (including phenoxy) is 6. The smallest absolute Gasteiger partial charge is 0.225 e. The van der Waals surface area contributed by atoms with Gasteiger partial charge in [-0.1, -0.05) is 13.8 Å². The van der Waals surface area contributed by atoms with Gasteiger partial charge >= 0.3 is 0 Å². The zero-order valence-corrected chi connectivity index (χ0v) is 12.0. The van der Waals surface area contributed by atoms with Crippen molar-refractivity contribution < 1.29 is 28.4 Å². The van der Waals surface area contributed by atoms with Gasteiger partial charge < -0.3 is 28.4 Å². The normalized spacial score (nSPS) is 41.0. The van der Waals surface area contributed by atoms with Crippen LogP contribution in [0.3, 0.4) is 0 Å². The summed E-state index contributed by atoms with van der Waals surface area (Å²) in [6.45, 7) is 3.88. The molecule has 18 heavy (non-hydrogen) atoms. The third-order valence-electron chi connectivity index (χ3n) is 3.47. The molecule has 1 aliphatic heterocycles. The van der Waals surface area contributed by atoms with Gasteiger partial charge in [-0.25, -0.2) is 0 Å². The highest BCUT2D eigenvalue weighted by atomic mass is 16.9. The zero-order valence-electron chi connectivity index (χ0n) is 12.0. The van der Waals surface area contributed by atoms with E-state index >= 15 is 0 Å². The molecule has 0 aromatic heterocycles. The summed E-state index contributed by atoms with van der Waals surface area (Å²) in [5.74, 6) is -2.04. The summed E-state index contributed by atoms with van der Waals surface area (Å²) in [5.41, 5.74) is 0. The van der Waals surface area contributed by atoms with E-state index in [0.717, 1.165) is 0 Å². The van der Waals surface area contributed by atoms with Crippen LogP contribution in [0.2, 0.25) is 0 Å². The highest BCUT2D eigenvalue weighted by Crippen LogP contribution is 2.43. The van der Waals surface area contributed by atoms with E-state index in [0.29, 0.717) is 12.8 Å². The monoisotopic (exact) mass is 264 g/mol. The van der Waals surface area contributed by atoms with Crippen molar-refractivity contribution in [3.8, 4) is 0 Å². The third-order valence-corrected chi connectivity index (χ3v) is 3.47. The van der Waals surface area contributed by atoms with Crippen molar-refractivity contribution in [3.05, 3.63) is 0 Å². The van der Waals surface area contributed by atoms with Crippen LogP contribution in [0, 0.1) is 0 Å². The van der Waals surface area contributed by atoms with Crippen LogP contribution in [0.15, 0.2) is 0 Å². The lowest BCUT2D eigenvalue weighted by Gasteiger charge is -2.53.